The molecule has 5 heterocycles. The van der Waals surface area contributed by atoms with Gasteiger partial charge in [-0.1, -0.05) is 30.3 Å². The lowest BCUT2D eigenvalue weighted by Crippen LogP contribution is -2.45. The van der Waals surface area contributed by atoms with E-state index in [2.05, 4.69) is 15.0 Å². The standard InChI is InChI=1S/C28H32F3N5O9S/c29-28(30,31)46(38,39)45-23-22(44-19-11-5-7-13-41-19)17(14-42-18-10-4-6-12-40-18)43-27(23)36-15-33-20-24(32)34-25(35-26(20)36)21(37)16-8-2-1-3-9-16/h1-3,8-9,15,17-19,22-23,27H,4-7,10-14H2,(H2,32,34,35)/t17-,18?,19?,22-,23+,27-/m1/s1. The van der Waals surface area contributed by atoms with Crippen LogP contribution in [0, 0.1) is 0 Å². The molecule has 0 aliphatic carbocycles. The quantitative estimate of drug-likeness (QED) is 0.189. The van der Waals surface area contributed by atoms with E-state index >= 15 is 0 Å². The normalized spacial score (nSPS) is 27.6. The fourth-order valence-electron chi connectivity index (χ4n) is 5.52. The Morgan fingerprint density at radius 1 is 1.00 bits per heavy atom. The average molecular weight is 672 g/mol. The van der Waals surface area contributed by atoms with Crippen molar-refractivity contribution < 1.29 is 54.3 Å². The third-order valence-corrected chi connectivity index (χ3v) is 8.84. The van der Waals surface area contributed by atoms with E-state index < -0.39 is 58.5 Å². The Bertz CT molecular complexity index is 1630. The van der Waals surface area contributed by atoms with E-state index in [1.165, 1.54) is 0 Å². The minimum Gasteiger partial charge on any atom is -0.382 e. The number of rotatable bonds is 10. The molecule has 3 aliphatic rings. The lowest BCUT2D eigenvalue weighted by molar-refractivity contribution is -0.222. The number of aromatic nitrogens is 4. The minimum atomic E-state index is -6.17. The predicted molar refractivity (Wildman–Crippen MR) is 151 cm³/mol. The molecule has 6 rings (SSSR count). The van der Waals surface area contributed by atoms with Crippen molar-refractivity contribution in [3.8, 4) is 0 Å². The lowest BCUT2D eigenvalue weighted by Gasteiger charge is -2.31. The molecule has 0 saturated carbocycles. The van der Waals surface area contributed by atoms with Crippen LogP contribution in [0.4, 0.5) is 19.0 Å². The van der Waals surface area contributed by atoms with Crippen LogP contribution in [0.15, 0.2) is 36.7 Å². The molecule has 2 aromatic heterocycles. The molecule has 250 valence electrons. The average Bonchev–Trinajstić information content (AvgIpc) is 3.61. The first-order valence-electron chi connectivity index (χ1n) is 14.8. The number of ether oxygens (including phenoxy) is 5. The van der Waals surface area contributed by atoms with Crippen LogP contribution in [0.1, 0.15) is 60.9 Å². The van der Waals surface area contributed by atoms with Crippen molar-refractivity contribution in [1.82, 2.24) is 19.5 Å². The number of nitrogen functional groups attached to an aromatic ring is 1. The highest BCUT2D eigenvalue weighted by atomic mass is 32.2. The molecular formula is C28H32F3N5O9S. The Labute approximate surface area is 261 Å². The number of carbonyl (C=O) groups excluding carboxylic acids is 1. The molecule has 0 amide bonds. The third kappa shape index (κ3) is 6.87. The number of benzene rings is 1. The molecule has 1 aromatic carbocycles. The number of imidazole rings is 1. The molecule has 18 heteroatoms. The number of hydrogen-bond donors (Lipinski definition) is 1. The zero-order chi connectivity index (χ0) is 32.5. The Morgan fingerprint density at radius 3 is 2.35 bits per heavy atom. The second kappa shape index (κ2) is 13.5. The first-order valence-corrected chi connectivity index (χ1v) is 16.2. The number of hydrogen-bond acceptors (Lipinski definition) is 13. The fourth-order valence-corrected chi connectivity index (χ4v) is 6.12. The molecule has 2 unspecified atom stereocenters. The van der Waals surface area contributed by atoms with E-state index in [1.807, 2.05) is 0 Å². The summed E-state index contributed by atoms with van der Waals surface area (Å²) in [5.41, 5.74) is 0.497. The fraction of sp³-hybridized carbons (Fsp3) is 0.571. The maximum Gasteiger partial charge on any atom is 0.523 e. The topological polar surface area (TPSA) is 176 Å². The van der Waals surface area contributed by atoms with E-state index in [1.54, 1.807) is 30.3 Å². The van der Waals surface area contributed by atoms with Crippen LogP contribution in [0.5, 0.6) is 0 Å². The summed E-state index contributed by atoms with van der Waals surface area (Å²) >= 11 is 0. The molecule has 3 fully saturated rings. The van der Waals surface area contributed by atoms with Crippen molar-refractivity contribution in [3.63, 3.8) is 0 Å². The zero-order valence-electron chi connectivity index (χ0n) is 24.4. The number of nitrogens with zero attached hydrogens (tertiary/aromatic N) is 4. The van der Waals surface area contributed by atoms with E-state index in [4.69, 9.17) is 33.6 Å². The Morgan fingerprint density at radius 2 is 1.70 bits per heavy atom. The number of alkyl halides is 3. The number of nitrogens with two attached hydrogens (primary N) is 1. The number of anilines is 1. The predicted octanol–water partition coefficient (Wildman–Crippen LogP) is 3.23. The first kappa shape index (κ1) is 32.7. The molecule has 3 aliphatic heterocycles. The maximum atomic E-state index is 13.7. The maximum absolute atomic E-state index is 13.7. The van der Waals surface area contributed by atoms with Gasteiger partial charge in [-0.2, -0.15) is 21.6 Å². The monoisotopic (exact) mass is 671 g/mol. The minimum absolute atomic E-state index is 0.00553. The van der Waals surface area contributed by atoms with Crippen molar-refractivity contribution in [2.24, 2.45) is 0 Å². The molecule has 0 spiro atoms. The summed E-state index contributed by atoms with van der Waals surface area (Å²) in [6, 6.07) is 8.10. The molecule has 3 saturated heterocycles. The van der Waals surface area contributed by atoms with Gasteiger partial charge in [0.05, 0.1) is 12.9 Å². The van der Waals surface area contributed by atoms with Crippen LogP contribution in [-0.2, 0) is 38.0 Å². The highest BCUT2D eigenvalue weighted by Crippen LogP contribution is 2.40. The third-order valence-electron chi connectivity index (χ3n) is 7.80. The summed E-state index contributed by atoms with van der Waals surface area (Å²) in [6.07, 6.45) is -2.33. The number of fused-ring (bicyclic) bond motifs is 1. The van der Waals surface area contributed by atoms with Gasteiger partial charge >= 0.3 is 15.6 Å². The van der Waals surface area contributed by atoms with Gasteiger partial charge < -0.3 is 29.4 Å². The first-order chi connectivity index (χ1) is 22.0. The Hall–Kier alpha value is -3.26. The van der Waals surface area contributed by atoms with Crippen LogP contribution < -0.4 is 5.73 Å². The highest BCUT2D eigenvalue weighted by molar-refractivity contribution is 7.87. The SMILES string of the molecule is Nc1nc(C(=O)c2ccccc2)nc2c1ncn2[C@@H]1O[C@H](COC2CCCCO2)[C@@H](OC2CCCCO2)[C@@H]1OS(=O)(=O)C(F)(F)F. The van der Waals surface area contributed by atoms with Crippen LogP contribution >= 0.6 is 0 Å². The van der Waals surface area contributed by atoms with Gasteiger partial charge in [-0.25, -0.2) is 15.0 Å². The molecule has 6 atom stereocenters. The Kier molecular flexibility index (Phi) is 9.56. The van der Waals surface area contributed by atoms with Crippen LogP contribution in [0.25, 0.3) is 11.2 Å². The zero-order valence-corrected chi connectivity index (χ0v) is 25.2. The number of ketones is 1. The van der Waals surface area contributed by atoms with Gasteiger partial charge in [0.1, 0.15) is 17.7 Å². The second-order valence-electron chi connectivity index (χ2n) is 11.0. The smallest absolute Gasteiger partial charge is 0.382 e. The van der Waals surface area contributed by atoms with Gasteiger partial charge in [0, 0.05) is 18.8 Å². The van der Waals surface area contributed by atoms with E-state index in [-0.39, 0.29) is 35.0 Å². The summed E-state index contributed by atoms with van der Waals surface area (Å²) in [6.45, 7) is 0.564. The summed E-state index contributed by atoms with van der Waals surface area (Å²) in [7, 11) is -6.17. The van der Waals surface area contributed by atoms with Gasteiger partial charge in [-0.05, 0) is 38.5 Å². The van der Waals surface area contributed by atoms with E-state index in [0.717, 1.165) is 30.2 Å². The van der Waals surface area contributed by atoms with Crippen molar-refractivity contribution >= 4 is 32.9 Å². The number of halogens is 3. The molecule has 2 N–H and O–H groups in total. The molecule has 14 nitrogen and oxygen atoms in total. The van der Waals surface area contributed by atoms with Gasteiger partial charge in [0.25, 0.3) is 0 Å². The Balaban J connectivity index is 1.40. The summed E-state index contributed by atoms with van der Waals surface area (Å²) in [5.74, 6) is -1.11. The summed E-state index contributed by atoms with van der Waals surface area (Å²) in [4.78, 5) is 25.7. The van der Waals surface area contributed by atoms with Gasteiger partial charge in [0.15, 0.2) is 36.4 Å². The lowest BCUT2D eigenvalue weighted by atomic mass is 10.1. The van der Waals surface area contributed by atoms with Crippen LogP contribution in [0.2, 0.25) is 0 Å². The van der Waals surface area contributed by atoms with Gasteiger partial charge in [-0.3, -0.25) is 13.5 Å². The molecule has 46 heavy (non-hydrogen) atoms. The second-order valence-corrected chi connectivity index (χ2v) is 12.6. The highest BCUT2D eigenvalue weighted by Gasteiger charge is 2.56. The van der Waals surface area contributed by atoms with Crippen molar-refractivity contribution in [1.29, 1.82) is 0 Å². The van der Waals surface area contributed by atoms with Crippen molar-refractivity contribution in [3.05, 3.63) is 48.0 Å². The van der Waals surface area contributed by atoms with Crippen molar-refractivity contribution in [2.75, 3.05) is 25.6 Å². The van der Waals surface area contributed by atoms with Gasteiger partial charge in [-0.15, -0.1) is 0 Å². The largest absolute Gasteiger partial charge is 0.523 e. The van der Waals surface area contributed by atoms with E-state index in [9.17, 15) is 26.4 Å². The van der Waals surface area contributed by atoms with E-state index in [0.29, 0.717) is 32.5 Å². The van der Waals surface area contributed by atoms with Crippen LogP contribution in [0.3, 0.4) is 0 Å². The summed E-state index contributed by atoms with van der Waals surface area (Å²) < 4.78 is 101. The molecule has 0 radical (unpaired) electrons. The summed E-state index contributed by atoms with van der Waals surface area (Å²) in [5, 5.41) is 0. The molecule has 3 aromatic rings. The molecule has 0 bridgehead atoms. The van der Waals surface area contributed by atoms with Gasteiger partial charge in [0.2, 0.25) is 11.6 Å². The number of carbonyl (C=O) groups is 1. The molecular weight excluding hydrogens is 639 g/mol. The van der Waals surface area contributed by atoms with Crippen molar-refractivity contribution in [2.45, 2.75) is 81.2 Å². The van der Waals surface area contributed by atoms with Crippen LogP contribution in [-0.4, -0.2) is 89.9 Å².